The molecule has 1 fully saturated rings. The van der Waals surface area contributed by atoms with Crippen LogP contribution in [0.25, 0.3) is 0 Å². The summed E-state index contributed by atoms with van der Waals surface area (Å²) < 4.78 is 0. The maximum Gasteiger partial charge on any atom is 0.0622 e. The first kappa shape index (κ1) is 11.5. The number of likely N-dealkylation sites (tertiary alicyclic amines) is 1. The third-order valence-corrected chi connectivity index (χ3v) is 2.98. The number of nitriles is 1. The van der Waals surface area contributed by atoms with E-state index in [9.17, 15) is 0 Å². The lowest BCUT2D eigenvalue weighted by Crippen LogP contribution is -2.41. The second kappa shape index (κ2) is 6.80. The van der Waals surface area contributed by atoms with Gasteiger partial charge in [0, 0.05) is 12.5 Å². The van der Waals surface area contributed by atoms with E-state index in [-0.39, 0.29) is 0 Å². The van der Waals surface area contributed by atoms with Gasteiger partial charge in [0.05, 0.1) is 6.07 Å². The van der Waals surface area contributed by atoms with Crippen molar-refractivity contribution in [2.45, 2.75) is 44.6 Å². The van der Waals surface area contributed by atoms with E-state index in [1.165, 1.54) is 25.8 Å². The zero-order valence-electron chi connectivity index (χ0n) is 8.91. The molecule has 0 spiro atoms. The molecule has 0 aromatic carbocycles. The Morgan fingerprint density at radius 3 is 3.00 bits per heavy atom. The molecule has 14 heavy (non-hydrogen) atoms. The minimum absolute atomic E-state index is 0.686. The van der Waals surface area contributed by atoms with E-state index in [1.807, 2.05) is 0 Å². The van der Waals surface area contributed by atoms with Crippen LogP contribution in [0.3, 0.4) is 0 Å². The van der Waals surface area contributed by atoms with Gasteiger partial charge >= 0.3 is 0 Å². The van der Waals surface area contributed by atoms with Crippen molar-refractivity contribution in [3.05, 3.63) is 0 Å². The largest absolute Gasteiger partial charge is 0.330 e. The summed E-state index contributed by atoms with van der Waals surface area (Å²) in [5.41, 5.74) is 5.60. The van der Waals surface area contributed by atoms with Gasteiger partial charge < -0.3 is 10.6 Å². The van der Waals surface area contributed by atoms with Crippen molar-refractivity contribution in [3.63, 3.8) is 0 Å². The Hall–Kier alpha value is -0.590. The molecule has 0 aromatic rings. The van der Waals surface area contributed by atoms with Crippen molar-refractivity contribution in [3.8, 4) is 6.07 Å². The van der Waals surface area contributed by atoms with E-state index >= 15 is 0 Å². The van der Waals surface area contributed by atoms with Crippen LogP contribution in [0.4, 0.5) is 0 Å². The molecule has 1 rings (SSSR count). The van der Waals surface area contributed by atoms with Crippen LogP contribution < -0.4 is 5.73 Å². The molecule has 0 aromatic heterocycles. The Morgan fingerprint density at radius 1 is 1.43 bits per heavy atom. The Kier molecular flexibility index (Phi) is 5.58. The number of nitrogens with zero attached hydrogens (tertiary/aromatic N) is 2. The average Bonchev–Trinajstić information content (AvgIpc) is 2.21. The van der Waals surface area contributed by atoms with Gasteiger partial charge in [-0.15, -0.1) is 0 Å². The summed E-state index contributed by atoms with van der Waals surface area (Å²) in [5, 5.41) is 8.48. The SMILES string of the molecule is N#CCCCN1CCCCC1CCN. The highest BCUT2D eigenvalue weighted by molar-refractivity contribution is 4.78. The topological polar surface area (TPSA) is 53.0 Å². The Bertz CT molecular complexity index is 183. The zero-order chi connectivity index (χ0) is 10.2. The fourth-order valence-electron chi connectivity index (χ4n) is 2.23. The summed E-state index contributed by atoms with van der Waals surface area (Å²) in [6.45, 7) is 3.08. The molecule has 1 aliphatic rings. The molecule has 1 unspecified atom stereocenters. The predicted molar refractivity (Wildman–Crippen MR) is 57.7 cm³/mol. The van der Waals surface area contributed by atoms with Crippen molar-refractivity contribution in [2.75, 3.05) is 19.6 Å². The molecular weight excluding hydrogens is 174 g/mol. The summed E-state index contributed by atoms with van der Waals surface area (Å²) >= 11 is 0. The van der Waals surface area contributed by atoms with Crippen LogP contribution in [0.15, 0.2) is 0 Å². The van der Waals surface area contributed by atoms with E-state index in [4.69, 9.17) is 11.0 Å². The molecule has 1 heterocycles. The third kappa shape index (κ3) is 3.65. The first-order valence-corrected chi connectivity index (χ1v) is 5.69. The number of hydrogen-bond acceptors (Lipinski definition) is 3. The van der Waals surface area contributed by atoms with E-state index in [2.05, 4.69) is 11.0 Å². The number of unbranched alkanes of at least 4 members (excludes halogenated alkanes) is 1. The van der Waals surface area contributed by atoms with Crippen molar-refractivity contribution in [2.24, 2.45) is 5.73 Å². The summed E-state index contributed by atoms with van der Waals surface area (Å²) in [6, 6.07) is 2.89. The van der Waals surface area contributed by atoms with Gasteiger partial charge in [0.15, 0.2) is 0 Å². The molecule has 0 bridgehead atoms. The monoisotopic (exact) mass is 195 g/mol. The smallest absolute Gasteiger partial charge is 0.0622 e. The lowest BCUT2D eigenvalue weighted by molar-refractivity contribution is 0.141. The highest BCUT2D eigenvalue weighted by Crippen LogP contribution is 2.19. The van der Waals surface area contributed by atoms with Crippen molar-refractivity contribution in [1.29, 1.82) is 5.26 Å². The number of rotatable bonds is 5. The van der Waals surface area contributed by atoms with E-state index < -0.39 is 0 Å². The fourth-order valence-corrected chi connectivity index (χ4v) is 2.23. The molecule has 0 amide bonds. The highest BCUT2D eigenvalue weighted by Gasteiger charge is 2.20. The first-order valence-electron chi connectivity index (χ1n) is 5.69. The second-order valence-corrected chi connectivity index (χ2v) is 4.02. The fraction of sp³-hybridized carbons (Fsp3) is 0.909. The molecule has 3 heteroatoms. The Labute approximate surface area is 86.9 Å². The zero-order valence-corrected chi connectivity index (χ0v) is 8.91. The van der Waals surface area contributed by atoms with Gasteiger partial charge in [-0.05, 0) is 45.3 Å². The summed E-state index contributed by atoms with van der Waals surface area (Å²) in [6.07, 6.45) is 6.77. The van der Waals surface area contributed by atoms with Gasteiger partial charge in [-0.25, -0.2) is 0 Å². The van der Waals surface area contributed by atoms with Gasteiger partial charge in [-0.1, -0.05) is 6.42 Å². The van der Waals surface area contributed by atoms with Gasteiger partial charge in [0.1, 0.15) is 0 Å². The third-order valence-electron chi connectivity index (χ3n) is 2.98. The number of nitrogens with two attached hydrogens (primary N) is 1. The van der Waals surface area contributed by atoms with Gasteiger partial charge in [-0.2, -0.15) is 5.26 Å². The van der Waals surface area contributed by atoms with Crippen molar-refractivity contribution < 1.29 is 0 Å². The Morgan fingerprint density at radius 2 is 2.29 bits per heavy atom. The highest BCUT2D eigenvalue weighted by atomic mass is 15.2. The Balaban J connectivity index is 2.27. The average molecular weight is 195 g/mol. The number of piperidine rings is 1. The summed E-state index contributed by atoms with van der Waals surface area (Å²) in [7, 11) is 0. The van der Waals surface area contributed by atoms with Gasteiger partial charge in [0.25, 0.3) is 0 Å². The van der Waals surface area contributed by atoms with Crippen molar-refractivity contribution in [1.82, 2.24) is 4.90 Å². The summed E-state index contributed by atoms with van der Waals surface area (Å²) in [5.74, 6) is 0. The minimum Gasteiger partial charge on any atom is -0.330 e. The lowest BCUT2D eigenvalue weighted by Gasteiger charge is -2.35. The molecule has 1 saturated heterocycles. The predicted octanol–water partition coefficient (Wildman–Crippen LogP) is 1.49. The molecule has 2 N–H and O–H groups in total. The number of hydrogen-bond donors (Lipinski definition) is 1. The molecule has 0 radical (unpaired) electrons. The molecule has 3 nitrogen and oxygen atoms in total. The van der Waals surface area contributed by atoms with Crippen LogP contribution in [-0.2, 0) is 0 Å². The molecular formula is C11H21N3. The minimum atomic E-state index is 0.686. The first-order chi connectivity index (χ1) is 6.88. The van der Waals surface area contributed by atoms with Crippen LogP contribution in [-0.4, -0.2) is 30.6 Å². The second-order valence-electron chi connectivity index (χ2n) is 4.02. The lowest BCUT2D eigenvalue weighted by atomic mass is 9.99. The van der Waals surface area contributed by atoms with Crippen LogP contribution in [0, 0.1) is 11.3 Å². The van der Waals surface area contributed by atoms with Crippen LogP contribution in [0.2, 0.25) is 0 Å². The summed E-state index contributed by atoms with van der Waals surface area (Å²) in [4.78, 5) is 2.52. The molecule has 1 atom stereocenters. The molecule has 80 valence electrons. The standard InChI is InChI=1S/C11H21N3/c12-7-2-4-10-14-9-3-1-5-11(14)6-8-13/h11H,1-6,8-10,13H2. The maximum atomic E-state index is 8.48. The molecule has 0 saturated carbocycles. The van der Waals surface area contributed by atoms with Crippen LogP contribution >= 0.6 is 0 Å². The van der Waals surface area contributed by atoms with E-state index in [0.29, 0.717) is 12.5 Å². The van der Waals surface area contributed by atoms with E-state index in [1.54, 1.807) is 0 Å². The quantitative estimate of drug-likeness (QED) is 0.676. The van der Waals surface area contributed by atoms with Gasteiger partial charge in [0.2, 0.25) is 0 Å². The van der Waals surface area contributed by atoms with Crippen molar-refractivity contribution >= 4 is 0 Å². The maximum absolute atomic E-state index is 8.48. The van der Waals surface area contributed by atoms with Gasteiger partial charge in [-0.3, -0.25) is 0 Å². The van der Waals surface area contributed by atoms with Crippen LogP contribution in [0.5, 0.6) is 0 Å². The normalized spacial score (nSPS) is 23.3. The molecule has 1 aliphatic heterocycles. The van der Waals surface area contributed by atoms with Crippen LogP contribution in [0.1, 0.15) is 38.5 Å². The molecule has 0 aliphatic carbocycles. The van der Waals surface area contributed by atoms with E-state index in [0.717, 1.165) is 25.9 Å².